The minimum absolute atomic E-state index is 0.0795. The van der Waals surface area contributed by atoms with Crippen LogP contribution in [0.1, 0.15) is 219 Å². The van der Waals surface area contributed by atoms with Crippen LogP contribution in [0.5, 0.6) is 0 Å². The lowest BCUT2D eigenvalue weighted by atomic mass is 10.0. The molecule has 0 heterocycles. The minimum Gasteiger partial charge on any atom is -0.463 e. The van der Waals surface area contributed by atoms with Crippen molar-refractivity contribution in [1.82, 2.24) is 5.32 Å². The topological polar surface area (TPSA) is 131 Å². The fourth-order valence-corrected chi connectivity index (χ4v) is 7.38. The molecule has 2 unspecified atom stereocenters. The van der Waals surface area contributed by atoms with Crippen molar-refractivity contribution in [3.05, 3.63) is 48.6 Å². The second-order valence-corrected chi connectivity index (χ2v) is 17.5. The molecule has 59 heavy (non-hydrogen) atoms. The van der Waals surface area contributed by atoms with Gasteiger partial charge in [0, 0.05) is 19.4 Å². The van der Waals surface area contributed by atoms with Crippen LogP contribution >= 0.6 is 7.82 Å². The molecule has 0 aliphatic rings. The van der Waals surface area contributed by atoms with Gasteiger partial charge < -0.3 is 20.1 Å². The number of esters is 1. The summed E-state index contributed by atoms with van der Waals surface area (Å²) >= 11 is 0. The van der Waals surface area contributed by atoms with Gasteiger partial charge in [0.1, 0.15) is 12.7 Å². The molecule has 0 aliphatic carbocycles. The number of phosphoric ester groups is 1. The van der Waals surface area contributed by atoms with Gasteiger partial charge in [0.25, 0.3) is 0 Å². The first-order valence-electron chi connectivity index (χ1n) is 24.1. The summed E-state index contributed by atoms with van der Waals surface area (Å²) in [6.07, 6.45) is 53.4. The first kappa shape index (κ1) is 57.0. The van der Waals surface area contributed by atoms with Gasteiger partial charge in [-0.15, -0.1) is 0 Å². The number of phosphoric acid groups is 1. The Bertz CT molecular complexity index is 1110. The van der Waals surface area contributed by atoms with Gasteiger partial charge in [0.2, 0.25) is 5.91 Å². The third-order valence-electron chi connectivity index (χ3n) is 10.2. The minimum atomic E-state index is -4.42. The van der Waals surface area contributed by atoms with Crippen LogP contribution in [0.4, 0.5) is 0 Å². The lowest BCUT2D eigenvalue weighted by molar-refractivity contribution is -0.147. The molecule has 0 aromatic rings. The molecule has 10 heteroatoms. The van der Waals surface area contributed by atoms with Crippen molar-refractivity contribution < 1.29 is 37.9 Å². The fourth-order valence-electron chi connectivity index (χ4n) is 6.63. The average molecular weight is 852 g/mol. The molecule has 3 N–H and O–H groups in total. The first-order valence-corrected chi connectivity index (χ1v) is 25.6. The molecule has 0 aliphatic heterocycles. The Morgan fingerprint density at radius 1 is 0.542 bits per heavy atom. The van der Waals surface area contributed by atoms with Gasteiger partial charge in [-0.3, -0.25) is 18.6 Å². The van der Waals surface area contributed by atoms with E-state index in [4.69, 9.17) is 13.8 Å². The van der Waals surface area contributed by atoms with Crippen LogP contribution < -0.4 is 5.32 Å². The summed E-state index contributed by atoms with van der Waals surface area (Å²) in [6, 6.07) is 0. The number of ether oxygens (including phenoxy) is 1. The van der Waals surface area contributed by atoms with E-state index >= 15 is 0 Å². The second kappa shape index (κ2) is 45.5. The SMILES string of the molecule is CC/C=C\C/C=C\C/C=C\CCCCCCCC(=O)OCC(O)COP(=O)(O)OCCNC(=O)CCCCCCCCCCCCCCC/C=C/CCCCCCCC. The lowest BCUT2D eigenvalue weighted by Crippen LogP contribution is -2.27. The first-order chi connectivity index (χ1) is 28.8. The smallest absolute Gasteiger partial charge is 0.463 e. The molecule has 0 radical (unpaired) electrons. The van der Waals surface area contributed by atoms with Gasteiger partial charge in [-0.25, -0.2) is 4.57 Å². The summed E-state index contributed by atoms with van der Waals surface area (Å²) in [5.74, 6) is -0.531. The molecule has 0 aromatic carbocycles. The molecule has 0 rings (SSSR count). The highest BCUT2D eigenvalue weighted by atomic mass is 31.2. The number of aliphatic hydroxyl groups is 1. The molecule has 1 amide bonds. The van der Waals surface area contributed by atoms with E-state index in [2.05, 4.69) is 67.8 Å². The molecule has 0 saturated heterocycles. The number of hydrogen-bond donors (Lipinski definition) is 3. The number of allylic oxidation sites excluding steroid dienone is 8. The van der Waals surface area contributed by atoms with Crippen LogP contribution in [0, 0.1) is 0 Å². The Morgan fingerprint density at radius 3 is 1.47 bits per heavy atom. The number of carbonyl (C=O) groups is 2. The summed E-state index contributed by atoms with van der Waals surface area (Å²) in [4.78, 5) is 34.0. The molecule has 0 bridgehead atoms. The van der Waals surface area contributed by atoms with Crippen molar-refractivity contribution in [2.24, 2.45) is 0 Å². The molecular weight excluding hydrogens is 762 g/mol. The van der Waals surface area contributed by atoms with E-state index in [0.29, 0.717) is 12.8 Å². The molecule has 0 saturated carbocycles. The summed E-state index contributed by atoms with van der Waals surface area (Å²) in [5.41, 5.74) is 0. The summed E-state index contributed by atoms with van der Waals surface area (Å²) in [7, 11) is -4.42. The summed E-state index contributed by atoms with van der Waals surface area (Å²) in [6.45, 7) is 3.43. The van der Waals surface area contributed by atoms with Crippen LogP contribution in [-0.2, 0) is 27.9 Å². The zero-order chi connectivity index (χ0) is 43.2. The maximum absolute atomic E-state index is 12.1. The van der Waals surface area contributed by atoms with E-state index in [1.54, 1.807) is 0 Å². The number of carbonyl (C=O) groups excluding carboxylic acids is 2. The number of rotatable bonds is 45. The van der Waals surface area contributed by atoms with E-state index in [9.17, 15) is 24.2 Å². The molecule has 2 atom stereocenters. The fraction of sp³-hybridized carbons (Fsp3) is 0.796. The Labute approximate surface area is 362 Å². The summed E-state index contributed by atoms with van der Waals surface area (Å²) in [5, 5.41) is 12.7. The van der Waals surface area contributed by atoms with Gasteiger partial charge in [-0.1, -0.05) is 184 Å². The number of hydrogen-bond acceptors (Lipinski definition) is 7. The van der Waals surface area contributed by atoms with E-state index in [0.717, 1.165) is 70.6 Å². The van der Waals surface area contributed by atoms with Crippen LogP contribution in [0.2, 0.25) is 0 Å². The van der Waals surface area contributed by atoms with Crippen molar-refractivity contribution in [3.8, 4) is 0 Å². The Morgan fingerprint density at radius 2 is 0.966 bits per heavy atom. The Balaban J connectivity index is 3.56. The van der Waals surface area contributed by atoms with Gasteiger partial charge in [0.15, 0.2) is 0 Å². The second-order valence-electron chi connectivity index (χ2n) is 16.0. The van der Waals surface area contributed by atoms with Gasteiger partial charge in [-0.2, -0.15) is 0 Å². The number of amides is 1. The zero-order valence-electron chi connectivity index (χ0n) is 37.9. The maximum Gasteiger partial charge on any atom is 0.472 e. The molecule has 0 spiro atoms. The molecular formula is C49H90NO8P. The Kier molecular flexibility index (Phi) is 43.9. The van der Waals surface area contributed by atoms with E-state index < -0.39 is 26.5 Å². The number of unbranched alkanes of at least 4 members (excludes halogenated alkanes) is 24. The van der Waals surface area contributed by atoms with Gasteiger partial charge in [0.05, 0.1) is 13.2 Å². The van der Waals surface area contributed by atoms with Crippen LogP contribution in [0.25, 0.3) is 0 Å². The largest absolute Gasteiger partial charge is 0.472 e. The highest BCUT2D eigenvalue weighted by Gasteiger charge is 2.23. The molecule has 344 valence electrons. The van der Waals surface area contributed by atoms with E-state index in [1.165, 1.54) is 116 Å². The van der Waals surface area contributed by atoms with E-state index in [1.807, 2.05) is 0 Å². The summed E-state index contributed by atoms with van der Waals surface area (Å²) < 4.78 is 26.9. The highest BCUT2D eigenvalue weighted by molar-refractivity contribution is 7.47. The molecule has 0 aromatic heterocycles. The standard InChI is InChI=1S/C49H90NO8P/c1-3-5-7-9-11-13-15-17-19-20-21-22-23-24-25-26-28-29-31-33-35-37-39-41-48(52)50-43-44-57-59(54,55)58-46-47(51)45-56-49(53)42-40-38-36-34-32-30-27-18-16-14-12-10-8-6-4-2/h6,8,12,14,17-19,27,47,51H,3-5,7,9-11,13,15-16,20-26,28-46H2,1-2H3,(H,50,52)(H,54,55)/b8-6-,14-12-,19-17+,27-18-. The monoisotopic (exact) mass is 852 g/mol. The normalized spacial score (nSPS) is 13.6. The Hall–Kier alpha value is -2.03. The van der Waals surface area contributed by atoms with Crippen molar-refractivity contribution in [3.63, 3.8) is 0 Å². The predicted molar refractivity (Wildman–Crippen MR) is 247 cm³/mol. The van der Waals surface area contributed by atoms with Crippen molar-refractivity contribution in [2.45, 2.75) is 225 Å². The highest BCUT2D eigenvalue weighted by Crippen LogP contribution is 2.42. The lowest BCUT2D eigenvalue weighted by Gasteiger charge is -2.15. The maximum atomic E-state index is 12.1. The van der Waals surface area contributed by atoms with Crippen LogP contribution in [0.15, 0.2) is 48.6 Å². The predicted octanol–water partition coefficient (Wildman–Crippen LogP) is 13.9. The van der Waals surface area contributed by atoms with Gasteiger partial charge >= 0.3 is 13.8 Å². The van der Waals surface area contributed by atoms with Crippen molar-refractivity contribution >= 4 is 19.7 Å². The van der Waals surface area contributed by atoms with Crippen LogP contribution in [0.3, 0.4) is 0 Å². The number of aliphatic hydroxyl groups excluding tert-OH is 1. The van der Waals surface area contributed by atoms with Gasteiger partial charge in [-0.05, 0) is 70.6 Å². The van der Waals surface area contributed by atoms with Crippen molar-refractivity contribution in [2.75, 3.05) is 26.4 Å². The molecule has 9 nitrogen and oxygen atoms in total. The van der Waals surface area contributed by atoms with Crippen LogP contribution in [-0.4, -0.2) is 54.3 Å². The molecule has 0 fully saturated rings. The quantitative estimate of drug-likeness (QED) is 0.0239. The third-order valence-corrected chi connectivity index (χ3v) is 11.2. The van der Waals surface area contributed by atoms with E-state index in [-0.39, 0.29) is 32.1 Å². The zero-order valence-corrected chi connectivity index (χ0v) is 38.8. The van der Waals surface area contributed by atoms with Crippen molar-refractivity contribution in [1.29, 1.82) is 0 Å². The third kappa shape index (κ3) is 46.9. The number of nitrogens with one attached hydrogen (secondary N) is 1. The average Bonchev–Trinajstić information content (AvgIpc) is 3.22.